The van der Waals surface area contributed by atoms with Gasteiger partial charge in [0.05, 0.1) is 23.7 Å². The highest BCUT2D eigenvalue weighted by Gasteiger charge is 2.36. The van der Waals surface area contributed by atoms with E-state index in [1.54, 1.807) is 12.1 Å². The Morgan fingerprint density at radius 3 is 2.71 bits per heavy atom. The maximum absolute atomic E-state index is 11.4. The summed E-state index contributed by atoms with van der Waals surface area (Å²) in [4.78, 5) is 0. The second-order valence-corrected chi connectivity index (χ2v) is 6.87. The number of sulfone groups is 1. The Hall–Kier alpha value is -0.780. The maximum Gasteiger partial charge on any atom is 0.155 e. The quantitative estimate of drug-likeness (QED) is 0.852. The van der Waals surface area contributed by atoms with Crippen LogP contribution in [0.1, 0.15) is 5.56 Å². The molecule has 1 aromatic carbocycles. The molecule has 94 valence electrons. The zero-order valence-corrected chi connectivity index (χ0v) is 10.9. The van der Waals surface area contributed by atoms with Gasteiger partial charge in [-0.15, -0.1) is 0 Å². The fraction of sp³-hybridized carbons (Fsp3) is 0.455. The molecule has 4 nitrogen and oxygen atoms in total. The van der Waals surface area contributed by atoms with Crippen molar-refractivity contribution in [1.29, 1.82) is 0 Å². The standard InChI is InChI=1S/C11H14ClNO3S/c1-7-8(12)3-2-4-9(7)13-10-5-17(15,16)6-11(10)14/h2-4,10-11,13-14H,5-6H2,1H3/t10-,11+/m0/s1. The fourth-order valence-corrected chi connectivity index (χ4v) is 3.85. The van der Waals surface area contributed by atoms with E-state index < -0.39 is 22.0 Å². The number of aliphatic hydroxyl groups is 1. The zero-order valence-electron chi connectivity index (χ0n) is 9.35. The highest BCUT2D eigenvalue weighted by Crippen LogP contribution is 2.25. The Labute approximate surface area is 106 Å². The van der Waals surface area contributed by atoms with Crippen molar-refractivity contribution in [2.75, 3.05) is 16.8 Å². The van der Waals surface area contributed by atoms with E-state index in [0.717, 1.165) is 11.3 Å². The highest BCUT2D eigenvalue weighted by molar-refractivity contribution is 7.91. The van der Waals surface area contributed by atoms with Crippen LogP contribution < -0.4 is 5.32 Å². The summed E-state index contributed by atoms with van der Waals surface area (Å²) in [5, 5.41) is 13.3. The predicted molar refractivity (Wildman–Crippen MR) is 68.3 cm³/mol. The minimum absolute atomic E-state index is 0.0415. The van der Waals surface area contributed by atoms with Crippen LogP contribution in [-0.4, -0.2) is 37.2 Å². The Bertz CT molecular complexity index is 530. The molecule has 2 rings (SSSR count). The van der Waals surface area contributed by atoms with Crippen molar-refractivity contribution in [3.05, 3.63) is 28.8 Å². The Kier molecular flexibility index (Phi) is 3.34. The second-order valence-electron chi connectivity index (χ2n) is 4.31. The van der Waals surface area contributed by atoms with Gasteiger partial charge in [0, 0.05) is 10.7 Å². The average molecular weight is 276 g/mol. The Balaban J connectivity index is 2.20. The molecule has 1 heterocycles. The summed E-state index contributed by atoms with van der Waals surface area (Å²) in [5.41, 5.74) is 1.62. The van der Waals surface area contributed by atoms with Crippen LogP contribution in [0.25, 0.3) is 0 Å². The topological polar surface area (TPSA) is 66.4 Å². The summed E-state index contributed by atoms with van der Waals surface area (Å²) in [7, 11) is -3.13. The second kappa shape index (κ2) is 4.48. The number of anilines is 1. The molecule has 1 saturated heterocycles. The van der Waals surface area contributed by atoms with Crippen LogP contribution in [0.15, 0.2) is 18.2 Å². The molecule has 0 spiro atoms. The van der Waals surface area contributed by atoms with E-state index in [-0.39, 0.29) is 11.5 Å². The molecule has 2 atom stereocenters. The molecule has 17 heavy (non-hydrogen) atoms. The van der Waals surface area contributed by atoms with E-state index in [1.807, 2.05) is 13.0 Å². The number of benzene rings is 1. The van der Waals surface area contributed by atoms with Crippen molar-refractivity contribution in [3.63, 3.8) is 0 Å². The molecule has 0 aromatic heterocycles. The predicted octanol–water partition coefficient (Wildman–Crippen LogP) is 1.22. The van der Waals surface area contributed by atoms with Crippen LogP contribution in [0.3, 0.4) is 0 Å². The lowest BCUT2D eigenvalue weighted by Crippen LogP contribution is -2.32. The van der Waals surface area contributed by atoms with Crippen molar-refractivity contribution in [2.45, 2.75) is 19.1 Å². The first-order chi connectivity index (χ1) is 7.89. The molecule has 0 bridgehead atoms. The third-order valence-corrected chi connectivity index (χ3v) is 5.06. The van der Waals surface area contributed by atoms with E-state index in [2.05, 4.69) is 5.32 Å². The van der Waals surface area contributed by atoms with Crippen LogP contribution in [0.5, 0.6) is 0 Å². The van der Waals surface area contributed by atoms with Gasteiger partial charge in [-0.3, -0.25) is 0 Å². The third-order valence-electron chi connectivity index (χ3n) is 2.93. The Morgan fingerprint density at radius 2 is 2.12 bits per heavy atom. The van der Waals surface area contributed by atoms with Gasteiger partial charge in [0.2, 0.25) is 0 Å². The van der Waals surface area contributed by atoms with Gasteiger partial charge in [-0.05, 0) is 24.6 Å². The zero-order chi connectivity index (χ0) is 12.6. The van der Waals surface area contributed by atoms with Crippen molar-refractivity contribution in [1.82, 2.24) is 0 Å². The molecular formula is C11H14ClNO3S. The summed E-state index contributed by atoms with van der Waals surface area (Å²) in [6.07, 6.45) is -0.863. The summed E-state index contributed by atoms with van der Waals surface area (Å²) < 4.78 is 22.7. The van der Waals surface area contributed by atoms with Gasteiger partial charge in [-0.2, -0.15) is 0 Å². The molecule has 0 amide bonds. The number of hydrogen-bond acceptors (Lipinski definition) is 4. The first-order valence-corrected chi connectivity index (χ1v) is 7.49. The highest BCUT2D eigenvalue weighted by atomic mass is 35.5. The smallest absolute Gasteiger partial charge is 0.155 e. The molecule has 0 unspecified atom stereocenters. The SMILES string of the molecule is Cc1c(Cl)cccc1N[C@H]1CS(=O)(=O)C[C@H]1O. The van der Waals surface area contributed by atoms with E-state index >= 15 is 0 Å². The van der Waals surface area contributed by atoms with Gasteiger partial charge < -0.3 is 10.4 Å². The van der Waals surface area contributed by atoms with Gasteiger partial charge in [-0.25, -0.2) is 8.42 Å². The molecule has 6 heteroatoms. The number of aliphatic hydroxyl groups excluding tert-OH is 1. The van der Waals surface area contributed by atoms with E-state index in [4.69, 9.17) is 11.6 Å². The normalized spacial score (nSPS) is 27.0. The number of halogens is 1. The van der Waals surface area contributed by atoms with Crippen molar-refractivity contribution >= 4 is 27.1 Å². The molecule has 1 aliphatic rings. The largest absolute Gasteiger partial charge is 0.390 e. The van der Waals surface area contributed by atoms with Gasteiger partial charge >= 0.3 is 0 Å². The van der Waals surface area contributed by atoms with Crippen LogP contribution >= 0.6 is 11.6 Å². The molecule has 1 fully saturated rings. The molecule has 0 aliphatic carbocycles. The van der Waals surface area contributed by atoms with E-state index in [0.29, 0.717) is 5.02 Å². The van der Waals surface area contributed by atoms with Crippen LogP contribution in [0, 0.1) is 6.92 Å². The van der Waals surface area contributed by atoms with Gasteiger partial charge in [0.15, 0.2) is 9.84 Å². The molecule has 1 aliphatic heterocycles. The minimum atomic E-state index is -3.13. The summed E-state index contributed by atoms with van der Waals surface area (Å²) in [5.74, 6) is -0.218. The fourth-order valence-electron chi connectivity index (χ4n) is 1.93. The maximum atomic E-state index is 11.4. The summed E-state index contributed by atoms with van der Waals surface area (Å²) in [6.45, 7) is 1.85. The molecule has 1 aromatic rings. The molecule has 2 N–H and O–H groups in total. The van der Waals surface area contributed by atoms with Crippen LogP contribution in [-0.2, 0) is 9.84 Å². The van der Waals surface area contributed by atoms with Gasteiger partial charge in [0.1, 0.15) is 0 Å². The summed E-state index contributed by atoms with van der Waals surface area (Å²) in [6, 6.07) is 4.91. The number of nitrogens with one attached hydrogen (secondary N) is 1. The molecule has 0 saturated carbocycles. The van der Waals surface area contributed by atoms with Gasteiger partial charge in [-0.1, -0.05) is 17.7 Å². The first kappa shape index (κ1) is 12.7. The molecular weight excluding hydrogens is 262 g/mol. The van der Waals surface area contributed by atoms with Crippen molar-refractivity contribution in [3.8, 4) is 0 Å². The van der Waals surface area contributed by atoms with Crippen LogP contribution in [0.4, 0.5) is 5.69 Å². The lowest BCUT2D eigenvalue weighted by molar-refractivity contribution is 0.190. The number of hydrogen-bond donors (Lipinski definition) is 2. The van der Waals surface area contributed by atoms with E-state index in [9.17, 15) is 13.5 Å². The minimum Gasteiger partial charge on any atom is -0.390 e. The van der Waals surface area contributed by atoms with Crippen molar-refractivity contribution in [2.24, 2.45) is 0 Å². The van der Waals surface area contributed by atoms with Gasteiger partial charge in [0.25, 0.3) is 0 Å². The monoisotopic (exact) mass is 275 g/mol. The lowest BCUT2D eigenvalue weighted by atomic mass is 10.1. The lowest BCUT2D eigenvalue weighted by Gasteiger charge is -2.18. The van der Waals surface area contributed by atoms with E-state index in [1.165, 1.54) is 0 Å². The summed E-state index contributed by atoms with van der Waals surface area (Å²) >= 11 is 5.97. The van der Waals surface area contributed by atoms with Crippen molar-refractivity contribution < 1.29 is 13.5 Å². The Morgan fingerprint density at radius 1 is 1.41 bits per heavy atom. The third kappa shape index (κ3) is 2.73. The average Bonchev–Trinajstić information content (AvgIpc) is 2.47. The first-order valence-electron chi connectivity index (χ1n) is 5.29. The molecule has 0 radical (unpaired) electrons. The van der Waals surface area contributed by atoms with Crippen LogP contribution in [0.2, 0.25) is 5.02 Å². The number of rotatable bonds is 2.